The van der Waals surface area contributed by atoms with Gasteiger partial charge in [-0.1, -0.05) is 26.0 Å². The van der Waals surface area contributed by atoms with Gasteiger partial charge in [-0.25, -0.2) is 4.39 Å². The van der Waals surface area contributed by atoms with Crippen LogP contribution < -0.4 is 5.73 Å². The molecule has 0 fully saturated rings. The molecule has 0 unspecified atom stereocenters. The molecule has 0 aliphatic carbocycles. The molecule has 0 radical (unpaired) electrons. The zero-order valence-electron chi connectivity index (χ0n) is 8.80. The molecule has 1 atom stereocenters. The zero-order valence-corrected chi connectivity index (χ0v) is 10.4. The molecule has 0 aliphatic heterocycles. The second-order valence-corrected chi connectivity index (χ2v) is 5.06. The van der Waals surface area contributed by atoms with Crippen molar-refractivity contribution < 1.29 is 9.50 Å². The van der Waals surface area contributed by atoms with Crippen molar-refractivity contribution in [2.24, 2.45) is 11.1 Å². The smallest absolute Gasteiger partial charge is 0.137 e. The van der Waals surface area contributed by atoms with Crippen LogP contribution in [0.25, 0.3) is 0 Å². The van der Waals surface area contributed by atoms with Gasteiger partial charge in [0, 0.05) is 18.1 Å². The first-order valence-corrected chi connectivity index (χ1v) is 5.50. The van der Waals surface area contributed by atoms with Crippen molar-refractivity contribution >= 4 is 15.9 Å². The minimum absolute atomic E-state index is 0.0445. The summed E-state index contributed by atoms with van der Waals surface area (Å²) >= 11 is 3.17. The fourth-order valence-electron chi connectivity index (χ4n) is 1.28. The Morgan fingerprint density at radius 2 is 2.13 bits per heavy atom. The molecule has 2 nitrogen and oxygen atoms in total. The highest BCUT2D eigenvalue weighted by Crippen LogP contribution is 2.35. The van der Waals surface area contributed by atoms with Crippen LogP contribution in [0.15, 0.2) is 22.7 Å². The Kier molecular flexibility index (Phi) is 3.87. The van der Waals surface area contributed by atoms with Gasteiger partial charge in [-0.05, 0) is 27.6 Å². The monoisotopic (exact) mass is 275 g/mol. The summed E-state index contributed by atoms with van der Waals surface area (Å²) in [6.07, 6.45) is 0. The van der Waals surface area contributed by atoms with E-state index < -0.39 is 11.5 Å². The lowest BCUT2D eigenvalue weighted by Crippen LogP contribution is -2.32. The number of rotatable bonds is 3. The Morgan fingerprint density at radius 1 is 1.53 bits per heavy atom. The average Bonchev–Trinajstić information content (AvgIpc) is 2.21. The van der Waals surface area contributed by atoms with Crippen molar-refractivity contribution in [2.45, 2.75) is 19.9 Å². The van der Waals surface area contributed by atoms with Gasteiger partial charge in [0.1, 0.15) is 5.82 Å². The van der Waals surface area contributed by atoms with Gasteiger partial charge in [0.05, 0.1) is 4.47 Å². The molecule has 0 spiro atoms. The van der Waals surface area contributed by atoms with Crippen molar-refractivity contribution in [3.8, 4) is 0 Å². The molecule has 0 heterocycles. The number of aliphatic hydroxyl groups is 1. The van der Waals surface area contributed by atoms with E-state index in [1.165, 1.54) is 6.07 Å². The highest BCUT2D eigenvalue weighted by molar-refractivity contribution is 9.10. The van der Waals surface area contributed by atoms with Gasteiger partial charge in [0.25, 0.3) is 0 Å². The summed E-state index contributed by atoms with van der Waals surface area (Å²) in [5.74, 6) is -0.336. The molecular formula is C11H15BrFNO. The second kappa shape index (κ2) is 4.60. The Hall–Kier alpha value is -0.450. The molecule has 0 aromatic heterocycles. The van der Waals surface area contributed by atoms with E-state index in [-0.39, 0.29) is 12.4 Å². The maximum absolute atomic E-state index is 13.3. The Labute approximate surface area is 97.4 Å². The van der Waals surface area contributed by atoms with E-state index in [0.717, 1.165) is 0 Å². The first kappa shape index (κ1) is 12.6. The van der Waals surface area contributed by atoms with Crippen molar-refractivity contribution in [3.63, 3.8) is 0 Å². The number of nitrogens with two attached hydrogens (primary N) is 1. The summed E-state index contributed by atoms with van der Waals surface area (Å²) in [5.41, 5.74) is 6.20. The molecule has 84 valence electrons. The standard InChI is InChI=1S/C11H15BrFNO/c1-11(2,6-15)10(14)7-4-3-5-8(13)9(7)12/h3-5,10,15H,6,14H2,1-2H3/t10-/m1/s1. The maximum Gasteiger partial charge on any atom is 0.137 e. The molecular weight excluding hydrogens is 261 g/mol. The number of halogens is 2. The quantitative estimate of drug-likeness (QED) is 0.891. The van der Waals surface area contributed by atoms with E-state index in [4.69, 9.17) is 5.73 Å². The van der Waals surface area contributed by atoms with Gasteiger partial charge in [-0.15, -0.1) is 0 Å². The molecule has 0 aliphatic rings. The van der Waals surface area contributed by atoms with Gasteiger partial charge in [0.2, 0.25) is 0 Å². The van der Waals surface area contributed by atoms with Crippen LogP contribution in [0.4, 0.5) is 4.39 Å². The molecule has 0 bridgehead atoms. The summed E-state index contributed by atoms with van der Waals surface area (Å²) < 4.78 is 13.6. The predicted octanol–water partition coefficient (Wildman–Crippen LogP) is 2.61. The van der Waals surface area contributed by atoms with Crippen LogP contribution in [0.1, 0.15) is 25.5 Å². The highest BCUT2D eigenvalue weighted by Gasteiger charge is 2.28. The minimum atomic E-state index is -0.476. The van der Waals surface area contributed by atoms with E-state index in [9.17, 15) is 9.50 Å². The Bertz CT molecular complexity index is 354. The van der Waals surface area contributed by atoms with Crippen LogP contribution in [-0.2, 0) is 0 Å². The minimum Gasteiger partial charge on any atom is -0.396 e. The topological polar surface area (TPSA) is 46.2 Å². The molecule has 0 saturated carbocycles. The Morgan fingerprint density at radius 3 is 2.67 bits per heavy atom. The lowest BCUT2D eigenvalue weighted by atomic mass is 9.82. The molecule has 1 aromatic rings. The summed E-state index contributed by atoms with van der Waals surface area (Å²) in [4.78, 5) is 0. The number of hydrogen-bond donors (Lipinski definition) is 2. The second-order valence-electron chi connectivity index (χ2n) is 4.27. The van der Waals surface area contributed by atoms with Crippen LogP contribution in [0, 0.1) is 11.2 Å². The van der Waals surface area contributed by atoms with E-state index >= 15 is 0 Å². The van der Waals surface area contributed by atoms with Crippen LogP contribution in [0.5, 0.6) is 0 Å². The highest BCUT2D eigenvalue weighted by atomic mass is 79.9. The summed E-state index contributed by atoms with van der Waals surface area (Å²) in [6.45, 7) is 3.64. The van der Waals surface area contributed by atoms with Crippen molar-refractivity contribution in [1.82, 2.24) is 0 Å². The Balaban J connectivity index is 3.12. The normalized spacial score (nSPS) is 14.0. The average molecular weight is 276 g/mol. The van der Waals surface area contributed by atoms with Crippen LogP contribution in [0.3, 0.4) is 0 Å². The zero-order chi connectivity index (χ0) is 11.6. The van der Waals surface area contributed by atoms with E-state index in [0.29, 0.717) is 10.0 Å². The fourth-order valence-corrected chi connectivity index (χ4v) is 1.79. The van der Waals surface area contributed by atoms with Gasteiger partial charge >= 0.3 is 0 Å². The molecule has 0 amide bonds. The first-order valence-electron chi connectivity index (χ1n) is 4.70. The van der Waals surface area contributed by atoms with Crippen LogP contribution in [-0.4, -0.2) is 11.7 Å². The largest absolute Gasteiger partial charge is 0.396 e. The summed E-state index contributed by atoms with van der Waals surface area (Å²) in [5, 5.41) is 9.20. The van der Waals surface area contributed by atoms with E-state index in [1.54, 1.807) is 12.1 Å². The van der Waals surface area contributed by atoms with Crippen LogP contribution in [0.2, 0.25) is 0 Å². The predicted molar refractivity (Wildman–Crippen MR) is 61.9 cm³/mol. The SMILES string of the molecule is CC(C)(CO)[C@H](N)c1cccc(F)c1Br. The number of aliphatic hydroxyl groups excluding tert-OH is 1. The molecule has 1 rings (SSSR count). The maximum atomic E-state index is 13.3. The van der Waals surface area contributed by atoms with Crippen molar-refractivity contribution in [2.75, 3.05) is 6.61 Å². The lowest BCUT2D eigenvalue weighted by Gasteiger charge is -2.30. The molecule has 3 N–H and O–H groups in total. The fraction of sp³-hybridized carbons (Fsp3) is 0.455. The lowest BCUT2D eigenvalue weighted by molar-refractivity contribution is 0.132. The molecule has 4 heteroatoms. The van der Waals surface area contributed by atoms with Crippen molar-refractivity contribution in [3.05, 3.63) is 34.1 Å². The third kappa shape index (κ3) is 2.56. The van der Waals surface area contributed by atoms with Gasteiger partial charge in [0.15, 0.2) is 0 Å². The van der Waals surface area contributed by atoms with Gasteiger partial charge < -0.3 is 10.8 Å². The van der Waals surface area contributed by atoms with E-state index in [2.05, 4.69) is 15.9 Å². The summed E-state index contributed by atoms with van der Waals surface area (Å²) in [7, 11) is 0. The first-order chi connectivity index (χ1) is 6.90. The molecule has 0 saturated heterocycles. The van der Waals surface area contributed by atoms with E-state index in [1.807, 2.05) is 13.8 Å². The molecule has 1 aromatic carbocycles. The third-order valence-corrected chi connectivity index (χ3v) is 3.40. The summed E-state index contributed by atoms with van der Waals surface area (Å²) in [6, 6.07) is 4.33. The third-order valence-electron chi connectivity index (χ3n) is 2.57. The number of hydrogen-bond acceptors (Lipinski definition) is 2. The number of benzene rings is 1. The van der Waals surface area contributed by atoms with Crippen molar-refractivity contribution in [1.29, 1.82) is 0 Å². The van der Waals surface area contributed by atoms with Gasteiger partial charge in [-0.3, -0.25) is 0 Å². The van der Waals surface area contributed by atoms with Gasteiger partial charge in [-0.2, -0.15) is 0 Å². The molecule has 15 heavy (non-hydrogen) atoms. The van der Waals surface area contributed by atoms with Crippen LogP contribution >= 0.6 is 15.9 Å².